The average Bonchev–Trinajstić information content (AvgIpc) is 2.16. The zero-order chi connectivity index (χ0) is 10.9. The second kappa shape index (κ2) is 30.6. The number of carboxylic acid groups (broad SMARTS) is 1. The highest BCUT2D eigenvalue weighted by Gasteiger charge is 1.75. The lowest BCUT2D eigenvalue weighted by Gasteiger charge is -1.86. The molecule has 0 aromatic rings. The monoisotopic (exact) mass is 192 g/mol. The molecule has 0 aliphatic carbocycles. The van der Waals surface area contributed by atoms with Gasteiger partial charge in [0, 0.05) is 0 Å². The van der Waals surface area contributed by atoms with Crippen molar-refractivity contribution in [2.75, 3.05) is 7.11 Å². The Kier molecular flexibility index (Phi) is 42.1. The zero-order valence-corrected chi connectivity index (χ0v) is 8.66. The van der Waals surface area contributed by atoms with Crippen LogP contribution < -0.4 is 0 Å². The van der Waals surface area contributed by atoms with Crippen LogP contribution in [0.25, 0.3) is 0 Å². The van der Waals surface area contributed by atoms with E-state index in [-0.39, 0.29) is 6.47 Å². The van der Waals surface area contributed by atoms with Crippen LogP contribution in [0.2, 0.25) is 0 Å². The van der Waals surface area contributed by atoms with Gasteiger partial charge in [0.15, 0.2) is 0 Å². The summed E-state index contributed by atoms with van der Waals surface area (Å²) in [6.45, 7) is 4.59. The molecule has 0 aliphatic rings. The molecule has 0 heterocycles. The number of carbonyl (C=O) groups is 2. The first-order valence-corrected chi connectivity index (χ1v) is 4.29. The van der Waals surface area contributed by atoms with Gasteiger partial charge in [0.05, 0.1) is 7.11 Å². The largest absolute Gasteiger partial charge is 0.483 e. The van der Waals surface area contributed by atoms with Gasteiger partial charge < -0.3 is 9.84 Å². The molecule has 0 fully saturated rings. The van der Waals surface area contributed by atoms with E-state index in [1.165, 1.54) is 32.8 Å². The van der Waals surface area contributed by atoms with E-state index in [1.807, 2.05) is 0 Å². The van der Waals surface area contributed by atoms with Crippen LogP contribution >= 0.6 is 0 Å². The predicted molar refractivity (Wildman–Crippen MR) is 51.6 cm³/mol. The van der Waals surface area contributed by atoms with Crippen LogP contribution in [-0.4, -0.2) is 25.2 Å². The lowest BCUT2D eigenvalue weighted by molar-refractivity contribution is -0.126. The van der Waals surface area contributed by atoms with Gasteiger partial charge >= 0.3 is 0 Å². The number of unbranched alkanes of at least 4 members (excludes halogenated alkanes) is 3. The first-order chi connectivity index (χ1) is 6.24. The summed E-state index contributed by atoms with van der Waals surface area (Å²) in [5.41, 5.74) is 0. The van der Waals surface area contributed by atoms with Crippen molar-refractivity contribution in [1.29, 1.82) is 0 Å². The molecule has 0 bridgehead atoms. The minimum Gasteiger partial charge on any atom is -0.483 e. The van der Waals surface area contributed by atoms with E-state index in [2.05, 4.69) is 18.6 Å². The quantitative estimate of drug-likeness (QED) is 0.547. The first-order valence-electron chi connectivity index (χ1n) is 4.29. The van der Waals surface area contributed by atoms with Gasteiger partial charge in [0.1, 0.15) is 0 Å². The van der Waals surface area contributed by atoms with E-state index in [0.717, 1.165) is 0 Å². The molecule has 0 amide bonds. The summed E-state index contributed by atoms with van der Waals surface area (Å²) in [7, 11) is 1.31. The van der Waals surface area contributed by atoms with Gasteiger partial charge in [0.2, 0.25) is 0 Å². The number of hydrogen-bond donors (Lipinski definition) is 1. The highest BCUT2D eigenvalue weighted by Crippen LogP contribution is 1.95. The van der Waals surface area contributed by atoms with E-state index in [0.29, 0.717) is 6.47 Å². The Morgan fingerprint density at radius 1 is 1.15 bits per heavy atom. The second-order valence-corrected chi connectivity index (χ2v) is 2.14. The molecule has 0 aromatic heterocycles. The summed E-state index contributed by atoms with van der Waals surface area (Å²) >= 11 is 0. The van der Waals surface area contributed by atoms with Gasteiger partial charge in [-0.05, 0) is 0 Å². The third kappa shape index (κ3) is 101. The smallest absolute Gasteiger partial charge is 0.292 e. The Morgan fingerprint density at radius 2 is 1.38 bits per heavy atom. The number of carbonyl (C=O) groups excluding carboxylic acids is 1. The van der Waals surface area contributed by atoms with Crippen LogP contribution in [0.15, 0.2) is 0 Å². The normalized spacial score (nSPS) is 6.69. The van der Waals surface area contributed by atoms with Gasteiger partial charge in [0.25, 0.3) is 12.9 Å². The molecule has 4 heteroatoms. The Labute approximate surface area is 79.9 Å². The highest BCUT2D eigenvalue weighted by molar-refractivity contribution is 5.36. The molecular formula is C9H20O4. The minimum absolute atomic E-state index is 0.250. The van der Waals surface area contributed by atoms with Gasteiger partial charge in [-0.3, -0.25) is 9.59 Å². The summed E-state index contributed by atoms with van der Waals surface area (Å²) in [5.74, 6) is 0. The Balaban J connectivity index is -0.000000125. The Bertz CT molecular complexity index is 79.7. The third-order valence-electron chi connectivity index (χ3n) is 1.05. The van der Waals surface area contributed by atoms with E-state index in [9.17, 15) is 0 Å². The van der Waals surface area contributed by atoms with Gasteiger partial charge in [-0.15, -0.1) is 0 Å². The molecule has 0 saturated carbocycles. The molecule has 0 radical (unpaired) electrons. The summed E-state index contributed by atoms with van der Waals surface area (Å²) in [6, 6.07) is 0. The molecule has 0 rings (SSSR count). The Morgan fingerprint density at radius 3 is 1.46 bits per heavy atom. The van der Waals surface area contributed by atoms with Crippen molar-refractivity contribution in [3.8, 4) is 0 Å². The second-order valence-electron chi connectivity index (χ2n) is 2.14. The lowest BCUT2D eigenvalue weighted by Crippen LogP contribution is -1.68. The molecule has 0 aliphatic heterocycles. The van der Waals surface area contributed by atoms with Crippen molar-refractivity contribution < 1.29 is 19.4 Å². The summed E-state index contributed by atoms with van der Waals surface area (Å²) in [5, 5.41) is 6.89. The SMILES string of the molecule is CCCCCC.COC=O.O=CO. The van der Waals surface area contributed by atoms with Gasteiger partial charge in [-0.25, -0.2) is 0 Å². The van der Waals surface area contributed by atoms with Gasteiger partial charge in [-0.2, -0.15) is 0 Å². The van der Waals surface area contributed by atoms with Crippen LogP contribution in [0.5, 0.6) is 0 Å². The summed E-state index contributed by atoms with van der Waals surface area (Å²) in [6.07, 6.45) is 5.54. The predicted octanol–water partition coefficient (Wildman–Crippen LogP) is 2.08. The maximum absolute atomic E-state index is 8.95. The molecule has 1 N–H and O–H groups in total. The summed E-state index contributed by atoms with van der Waals surface area (Å²) < 4.78 is 3.86. The molecule has 0 saturated heterocycles. The maximum atomic E-state index is 8.95. The lowest BCUT2D eigenvalue weighted by atomic mass is 10.2. The fraction of sp³-hybridized carbons (Fsp3) is 0.778. The molecule has 80 valence electrons. The van der Waals surface area contributed by atoms with Crippen molar-refractivity contribution in [2.45, 2.75) is 39.5 Å². The van der Waals surface area contributed by atoms with Gasteiger partial charge in [-0.1, -0.05) is 39.5 Å². The van der Waals surface area contributed by atoms with E-state index < -0.39 is 0 Å². The molecular weight excluding hydrogens is 172 g/mol. The Hall–Kier alpha value is -1.06. The van der Waals surface area contributed by atoms with Crippen molar-refractivity contribution in [2.24, 2.45) is 0 Å². The van der Waals surface area contributed by atoms with E-state index >= 15 is 0 Å². The van der Waals surface area contributed by atoms with Crippen LogP contribution in [0, 0.1) is 0 Å². The van der Waals surface area contributed by atoms with E-state index in [1.54, 1.807) is 0 Å². The van der Waals surface area contributed by atoms with Crippen LogP contribution in [-0.2, 0) is 14.3 Å². The highest BCUT2D eigenvalue weighted by atomic mass is 16.5. The molecule has 0 unspecified atom stereocenters. The number of rotatable bonds is 4. The first kappa shape index (κ1) is 17.9. The standard InChI is InChI=1S/C6H14.C2H4O2.CH2O2/c1-3-5-6-4-2;1-4-2-3;2-1-3/h3-6H2,1-2H3;2H,1H3;1H,(H,2,3). The number of hydrogen-bond acceptors (Lipinski definition) is 3. The number of ether oxygens (including phenoxy) is 1. The molecule has 4 nitrogen and oxygen atoms in total. The van der Waals surface area contributed by atoms with E-state index in [4.69, 9.17) is 14.7 Å². The zero-order valence-electron chi connectivity index (χ0n) is 8.66. The fourth-order valence-electron chi connectivity index (χ4n) is 0.500. The summed E-state index contributed by atoms with van der Waals surface area (Å²) in [4.78, 5) is 17.3. The molecule has 0 atom stereocenters. The average molecular weight is 192 g/mol. The fourth-order valence-corrected chi connectivity index (χ4v) is 0.500. The minimum atomic E-state index is -0.250. The molecule has 0 spiro atoms. The molecule has 13 heavy (non-hydrogen) atoms. The van der Waals surface area contributed by atoms with Crippen molar-refractivity contribution in [3.63, 3.8) is 0 Å². The number of methoxy groups -OCH3 is 1. The topological polar surface area (TPSA) is 63.6 Å². The third-order valence-corrected chi connectivity index (χ3v) is 1.05. The van der Waals surface area contributed by atoms with Crippen LogP contribution in [0.4, 0.5) is 0 Å². The van der Waals surface area contributed by atoms with Crippen molar-refractivity contribution in [3.05, 3.63) is 0 Å². The van der Waals surface area contributed by atoms with Crippen LogP contribution in [0.1, 0.15) is 39.5 Å². The van der Waals surface area contributed by atoms with Crippen molar-refractivity contribution in [1.82, 2.24) is 0 Å². The van der Waals surface area contributed by atoms with Crippen molar-refractivity contribution >= 4 is 12.9 Å². The maximum Gasteiger partial charge on any atom is 0.292 e. The van der Waals surface area contributed by atoms with Crippen LogP contribution in [0.3, 0.4) is 0 Å². The molecule has 0 aromatic carbocycles.